The molecule has 3 N–H and O–H groups in total. The van der Waals surface area contributed by atoms with Crippen molar-refractivity contribution in [2.24, 2.45) is 5.41 Å². The number of amides is 2. The molecule has 1 fully saturated rings. The monoisotopic (exact) mass is 454 g/mol. The van der Waals surface area contributed by atoms with Crippen molar-refractivity contribution in [1.29, 1.82) is 0 Å². The molecule has 1 heterocycles. The van der Waals surface area contributed by atoms with Crippen LogP contribution >= 0.6 is 0 Å². The van der Waals surface area contributed by atoms with Crippen molar-refractivity contribution in [1.82, 2.24) is 10.6 Å². The van der Waals surface area contributed by atoms with Gasteiger partial charge in [0.15, 0.2) is 5.79 Å². The van der Waals surface area contributed by atoms with Crippen LogP contribution in [0, 0.1) is 5.41 Å². The van der Waals surface area contributed by atoms with Crippen LogP contribution in [0.4, 0.5) is 0 Å². The van der Waals surface area contributed by atoms with Gasteiger partial charge >= 0.3 is 0 Å². The maximum Gasteiger partial charge on any atom is 0.249 e. The average Bonchev–Trinajstić information content (AvgIpc) is 2.80. The van der Waals surface area contributed by atoms with Crippen LogP contribution < -0.4 is 10.6 Å². The molecule has 2 aromatic carbocycles. The van der Waals surface area contributed by atoms with Crippen molar-refractivity contribution < 1.29 is 24.2 Å². The van der Waals surface area contributed by atoms with Gasteiger partial charge in [-0.3, -0.25) is 9.59 Å². The summed E-state index contributed by atoms with van der Waals surface area (Å²) in [5.41, 5.74) is 1.34. The fourth-order valence-electron chi connectivity index (χ4n) is 3.77. The first-order valence-corrected chi connectivity index (χ1v) is 11.3. The minimum absolute atomic E-state index is 0.0842. The maximum atomic E-state index is 12.8. The van der Waals surface area contributed by atoms with E-state index in [0.717, 1.165) is 11.1 Å². The third-order valence-corrected chi connectivity index (χ3v) is 5.71. The van der Waals surface area contributed by atoms with E-state index in [0.29, 0.717) is 6.61 Å². The molecule has 1 saturated heterocycles. The second kappa shape index (κ2) is 10.5. The quantitative estimate of drug-likeness (QED) is 0.570. The van der Waals surface area contributed by atoms with E-state index in [4.69, 9.17) is 9.47 Å². The van der Waals surface area contributed by atoms with Crippen LogP contribution in [0.15, 0.2) is 60.7 Å². The third-order valence-electron chi connectivity index (χ3n) is 5.71. The highest BCUT2D eigenvalue weighted by atomic mass is 16.7. The zero-order valence-corrected chi connectivity index (χ0v) is 19.7. The molecular weight excluding hydrogens is 420 g/mol. The van der Waals surface area contributed by atoms with E-state index < -0.39 is 29.3 Å². The molecule has 0 aromatic heterocycles. The largest absolute Gasteiger partial charge is 0.383 e. The van der Waals surface area contributed by atoms with Crippen LogP contribution in [-0.2, 0) is 19.1 Å². The molecule has 7 heteroatoms. The van der Waals surface area contributed by atoms with E-state index >= 15 is 0 Å². The lowest BCUT2D eigenvalue weighted by Gasteiger charge is -2.44. The number of benzene rings is 2. The van der Waals surface area contributed by atoms with E-state index in [1.165, 1.54) is 0 Å². The van der Waals surface area contributed by atoms with Gasteiger partial charge in [0.05, 0.1) is 12.6 Å². The Hall–Kier alpha value is -2.74. The summed E-state index contributed by atoms with van der Waals surface area (Å²) < 4.78 is 11.5. The minimum atomic E-state index is -1.26. The van der Waals surface area contributed by atoms with Crippen LogP contribution in [0.1, 0.15) is 51.3 Å². The summed E-state index contributed by atoms with van der Waals surface area (Å²) >= 11 is 0. The predicted octanol–water partition coefficient (Wildman–Crippen LogP) is 2.94. The number of ether oxygens (including phenoxy) is 2. The van der Waals surface area contributed by atoms with Crippen LogP contribution in [0.25, 0.3) is 0 Å². The number of carbonyl (C=O) groups is 2. The Labute approximate surface area is 195 Å². The topological polar surface area (TPSA) is 96.9 Å². The second-order valence-electron chi connectivity index (χ2n) is 9.53. The molecule has 3 rings (SSSR count). The van der Waals surface area contributed by atoms with E-state index in [1.807, 2.05) is 74.5 Å². The van der Waals surface area contributed by atoms with Gasteiger partial charge in [-0.1, -0.05) is 74.5 Å². The predicted molar refractivity (Wildman–Crippen MR) is 125 cm³/mol. The van der Waals surface area contributed by atoms with Crippen LogP contribution in [0.5, 0.6) is 0 Å². The molecule has 0 spiro atoms. The van der Waals surface area contributed by atoms with Gasteiger partial charge in [-0.15, -0.1) is 0 Å². The zero-order valence-electron chi connectivity index (χ0n) is 19.7. The Morgan fingerprint density at radius 2 is 1.55 bits per heavy atom. The van der Waals surface area contributed by atoms with Gasteiger partial charge in [-0.05, 0) is 31.4 Å². The van der Waals surface area contributed by atoms with E-state index in [2.05, 4.69) is 10.6 Å². The fraction of sp³-hybridized carbons (Fsp3) is 0.462. The first kappa shape index (κ1) is 24.9. The number of carbonyl (C=O) groups excluding carboxylic acids is 2. The average molecular weight is 455 g/mol. The SMILES string of the molecule is CC1(C)OCC(C)(C)[C@H](C(=O)NCCC(O)C(=O)NC(c2ccccc2)c2ccccc2)O1. The highest BCUT2D eigenvalue weighted by Gasteiger charge is 2.45. The van der Waals surface area contributed by atoms with Gasteiger partial charge < -0.3 is 25.2 Å². The smallest absolute Gasteiger partial charge is 0.249 e. The Morgan fingerprint density at radius 1 is 1.00 bits per heavy atom. The number of rotatable bonds is 8. The first-order valence-electron chi connectivity index (χ1n) is 11.3. The van der Waals surface area contributed by atoms with Gasteiger partial charge in [0.25, 0.3) is 0 Å². The summed E-state index contributed by atoms with van der Waals surface area (Å²) in [6, 6.07) is 18.8. The van der Waals surface area contributed by atoms with Crippen molar-refractivity contribution in [3.05, 3.63) is 71.8 Å². The molecule has 1 aliphatic rings. The van der Waals surface area contributed by atoms with Gasteiger partial charge in [-0.25, -0.2) is 0 Å². The normalized spacial score (nSPS) is 20.1. The molecule has 7 nitrogen and oxygen atoms in total. The molecule has 2 amide bonds. The molecule has 2 atom stereocenters. The second-order valence-corrected chi connectivity index (χ2v) is 9.53. The summed E-state index contributed by atoms with van der Waals surface area (Å²) in [7, 11) is 0. The summed E-state index contributed by atoms with van der Waals surface area (Å²) in [5, 5.41) is 16.2. The number of hydrogen-bond donors (Lipinski definition) is 3. The Morgan fingerprint density at radius 3 is 2.09 bits per heavy atom. The van der Waals surface area contributed by atoms with E-state index in [9.17, 15) is 14.7 Å². The fourth-order valence-corrected chi connectivity index (χ4v) is 3.77. The standard InChI is InChI=1S/C26H34N2O5/c1-25(2)17-32-26(3,4)33-22(25)24(31)27-16-15-20(29)23(30)28-21(18-11-7-5-8-12-18)19-13-9-6-10-14-19/h5-14,20-22,29H,15-17H2,1-4H3,(H,27,31)(H,28,30)/t20?,22-/m0/s1. The van der Waals surface area contributed by atoms with Crippen molar-refractivity contribution in [3.8, 4) is 0 Å². The molecule has 0 bridgehead atoms. The third kappa shape index (κ3) is 6.63. The van der Waals surface area contributed by atoms with Crippen LogP contribution in [0.2, 0.25) is 0 Å². The lowest BCUT2D eigenvalue weighted by atomic mass is 9.85. The Bertz CT molecular complexity index is 891. The van der Waals surface area contributed by atoms with Gasteiger partial charge in [-0.2, -0.15) is 0 Å². The summed E-state index contributed by atoms with van der Waals surface area (Å²) in [6.07, 6.45) is -1.87. The number of aliphatic hydroxyl groups excluding tert-OH is 1. The van der Waals surface area contributed by atoms with Gasteiger partial charge in [0.2, 0.25) is 11.8 Å². The Balaban J connectivity index is 1.57. The maximum absolute atomic E-state index is 12.8. The Kier molecular flexibility index (Phi) is 7.89. The molecule has 0 radical (unpaired) electrons. The highest BCUT2D eigenvalue weighted by Crippen LogP contribution is 2.34. The minimum Gasteiger partial charge on any atom is -0.383 e. The number of nitrogens with one attached hydrogen (secondary N) is 2. The summed E-state index contributed by atoms with van der Waals surface area (Å²) in [4.78, 5) is 25.5. The van der Waals surface area contributed by atoms with Crippen molar-refractivity contribution in [2.45, 2.75) is 58.2 Å². The summed E-state index contributed by atoms with van der Waals surface area (Å²) in [6.45, 7) is 7.89. The molecule has 0 aliphatic carbocycles. The molecule has 2 aromatic rings. The van der Waals surface area contributed by atoms with Crippen molar-refractivity contribution in [3.63, 3.8) is 0 Å². The number of hydrogen-bond acceptors (Lipinski definition) is 5. The first-order chi connectivity index (χ1) is 15.6. The summed E-state index contributed by atoms with van der Waals surface area (Å²) in [5.74, 6) is -1.62. The lowest BCUT2D eigenvalue weighted by molar-refractivity contribution is -0.304. The molecule has 1 aliphatic heterocycles. The van der Waals surface area contributed by atoms with Crippen molar-refractivity contribution >= 4 is 11.8 Å². The molecular formula is C26H34N2O5. The lowest BCUT2D eigenvalue weighted by Crippen LogP contribution is -2.56. The van der Waals surface area contributed by atoms with Crippen LogP contribution in [-0.4, -0.2) is 48.1 Å². The molecule has 178 valence electrons. The van der Waals surface area contributed by atoms with Crippen LogP contribution in [0.3, 0.4) is 0 Å². The molecule has 1 unspecified atom stereocenters. The van der Waals surface area contributed by atoms with E-state index in [-0.39, 0.29) is 24.9 Å². The van der Waals surface area contributed by atoms with E-state index in [1.54, 1.807) is 13.8 Å². The number of aliphatic hydroxyl groups is 1. The van der Waals surface area contributed by atoms with Gasteiger partial charge in [0.1, 0.15) is 12.2 Å². The van der Waals surface area contributed by atoms with Crippen molar-refractivity contribution in [2.75, 3.05) is 13.2 Å². The molecule has 33 heavy (non-hydrogen) atoms. The zero-order chi connectivity index (χ0) is 24.1. The molecule has 0 saturated carbocycles. The van der Waals surface area contributed by atoms with Gasteiger partial charge in [0, 0.05) is 12.0 Å². The highest BCUT2D eigenvalue weighted by molar-refractivity contribution is 5.83.